The second-order valence-corrected chi connectivity index (χ2v) is 7.16. The predicted molar refractivity (Wildman–Crippen MR) is 91.4 cm³/mol. The van der Waals surface area contributed by atoms with Gasteiger partial charge in [0.25, 0.3) is 10.0 Å². The van der Waals surface area contributed by atoms with Crippen LogP contribution in [0.25, 0.3) is 0 Å². The summed E-state index contributed by atoms with van der Waals surface area (Å²) in [5, 5.41) is 0. The highest BCUT2D eigenvalue weighted by atomic mass is 32.2. The van der Waals surface area contributed by atoms with E-state index in [1.807, 2.05) is 18.4 Å². The average Bonchev–Trinajstić information content (AvgIpc) is 2.47. The van der Waals surface area contributed by atoms with Crippen LogP contribution in [-0.4, -0.2) is 19.7 Å². The molecule has 0 aliphatic heterocycles. The lowest BCUT2D eigenvalue weighted by Crippen LogP contribution is -2.19. The zero-order valence-electron chi connectivity index (χ0n) is 11.2. The molecule has 0 aliphatic rings. The van der Waals surface area contributed by atoms with Gasteiger partial charge in [0.2, 0.25) is 0 Å². The van der Waals surface area contributed by atoms with Gasteiger partial charge in [0.15, 0.2) is 0 Å². The second-order valence-electron chi connectivity index (χ2n) is 4.19. The van der Waals surface area contributed by atoms with E-state index in [1.54, 1.807) is 42.1 Å². The van der Waals surface area contributed by atoms with E-state index >= 15 is 0 Å². The highest BCUT2D eigenvalue weighted by Gasteiger charge is 2.19. The van der Waals surface area contributed by atoms with Gasteiger partial charge in [-0.1, -0.05) is 30.4 Å². The number of benzene rings is 2. The molecule has 0 saturated carbocycles. The lowest BCUT2D eigenvalue weighted by Gasteiger charge is -2.11. The average molecular weight is 338 g/mol. The molecule has 0 bridgehead atoms. The molecule has 2 aromatic rings. The van der Waals surface area contributed by atoms with E-state index in [-0.39, 0.29) is 9.88 Å². The minimum Gasteiger partial charge on any atom is -0.389 e. The molecule has 0 aliphatic carbocycles. The predicted octanol–water partition coefficient (Wildman–Crippen LogP) is 2.84. The summed E-state index contributed by atoms with van der Waals surface area (Å²) in [7, 11) is -3.73. The van der Waals surface area contributed by atoms with Crippen molar-refractivity contribution in [1.82, 2.24) is 0 Å². The molecule has 0 unspecified atom stereocenters. The molecule has 0 spiro atoms. The Kier molecular flexibility index (Phi) is 4.87. The number of thioether (sulfide) groups is 1. The first-order valence-electron chi connectivity index (χ1n) is 6.00. The molecule has 4 nitrogen and oxygen atoms in total. The summed E-state index contributed by atoms with van der Waals surface area (Å²) in [5.41, 5.74) is 6.40. The van der Waals surface area contributed by atoms with Gasteiger partial charge >= 0.3 is 0 Å². The van der Waals surface area contributed by atoms with Crippen molar-refractivity contribution in [1.29, 1.82) is 0 Å². The zero-order chi connectivity index (χ0) is 15.5. The fraction of sp³-hybridized carbons (Fsp3) is 0.0714. The highest BCUT2D eigenvalue weighted by molar-refractivity contribution is 7.98. The smallest absolute Gasteiger partial charge is 0.262 e. The van der Waals surface area contributed by atoms with E-state index in [0.717, 1.165) is 4.90 Å². The molecule has 0 atom stereocenters. The van der Waals surface area contributed by atoms with Crippen LogP contribution in [0.4, 0.5) is 5.69 Å². The maximum absolute atomic E-state index is 12.4. The molecule has 2 aromatic carbocycles. The number of nitrogens with one attached hydrogen (secondary N) is 1. The first-order valence-corrected chi connectivity index (χ1v) is 9.11. The summed E-state index contributed by atoms with van der Waals surface area (Å²) in [6.07, 6.45) is 1.96. The van der Waals surface area contributed by atoms with E-state index in [1.165, 1.54) is 6.07 Å². The molecule has 0 radical (unpaired) electrons. The molecular weight excluding hydrogens is 324 g/mol. The van der Waals surface area contributed by atoms with Crippen LogP contribution < -0.4 is 10.5 Å². The molecule has 110 valence electrons. The van der Waals surface area contributed by atoms with Gasteiger partial charge in [0.1, 0.15) is 4.99 Å². The third-order valence-electron chi connectivity index (χ3n) is 2.78. The van der Waals surface area contributed by atoms with Crippen molar-refractivity contribution in [2.75, 3.05) is 11.0 Å². The van der Waals surface area contributed by atoms with E-state index in [2.05, 4.69) is 4.72 Å². The van der Waals surface area contributed by atoms with E-state index in [4.69, 9.17) is 18.0 Å². The molecule has 21 heavy (non-hydrogen) atoms. The second kappa shape index (κ2) is 6.46. The maximum Gasteiger partial charge on any atom is 0.262 e. The molecular formula is C14H14N2O2S3. The van der Waals surface area contributed by atoms with Crippen molar-refractivity contribution in [3.05, 3.63) is 54.1 Å². The Hall–Kier alpha value is -1.57. The number of nitrogens with two attached hydrogens (primary N) is 1. The van der Waals surface area contributed by atoms with Gasteiger partial charge in [0.05, 0.1) is 4.90 Å². The van der Waals surface area contributed by atoms with Crippen molar-refractivity contribution < 1.29 is 8.42 Å². The Labute approximate surface area is 133 Å². The lowest BCUT2D eigenvalue weighted by atomic mass is 10.2. The van der Waals surface area contributed by atoms with Crippen LogP contribution in [0, 0.1) is 0 Å². The SMILES string of the molecule is CSc1ccc(NS(=O)(=O)c2ccccc2C(N)=S)cc1. The number of anilines is 1. The summed E-state index contributed by atoms with van der Waals surface area (Å²) in [4.78, 5) is 1.18. The van der Waals surface area contributed by atoms with Crippen LogP contribution in [0.2, 0.25) is 0 Å². The van der Waals surface area contributed by atoms with E-state index in [9.17, 15) is 8.42 Å². The first kappa shape index (κ1) is 15.8. The molecule has 0 aromatic heterocycles. The van der Waals surface area contributed by atoms with Gasteiger partial charge in [-0.3, -0.25) is 4.72 Å². The molecule has 0 saturated heterocycles. The van der Waals surface area contributed by atoms with Crippen LogP contribution in [0.15, 0.2) is 58.3 Å². The summed E-state index contributed by atoms with van der Waals surface area (Å²) in [5.74, 6) is 0. The summed E-state index contributed by atoms with van der Waals surface area (Å²) < 4.78 is 27.4. The highest BCUT2D eigenvalue weighted by Crippen LogP contribution is 2.22. The van der Waals surface area contributed by atoms with Crippen LogP contribution in [0.5, 0.6) is 0 Å². The topological polar surface area (TPSA) is 72.2 Å². The maximum atomic E-state index is 12.4. The molecule has 3 N–H and O–H groups in total. The Morgan fingerprint density at radius 3 is 2.33 bits per heavy atom. The van der Waals surface area contributed by atoms with Gasteiger partial charge in [-0.05, 0) is 36.6 Å². The Bertz CT molecular complexity index is 756. The standard InChI is InChI=1S/C14H14N2O2S3/c1-20-11-8-6-10(7-9-11)16-21(17,18)13-5-3-2-4-12(13)14(15)19/h2-9,16H,1H3,(H2,15,19). The van der Waals surface area contributed by atoms with Gasteiger partial charge in [-0.15, -0.1) is 11.8 Å². The largest absolute Gasteiger partial charge is 0.389 e. The Balaban J connectivity index is 2.36. The van der Waals surface area contributed by atoms with Crippen molar-refractivity contribution in [3.63, 3.8) is 0 Å². The summed E-state index contributed by atoms with van der Waals surface area (Å²) >= 11 is 6.49. The summed E-state index contributed by atoms with van der Waals surface area (Å²) in [6.45, 7) is 0. The van der Waals surface area contributed by atoms with Gasteiger partial charge < -0.3 is 5.73 Å². The third kappa shape index (κ3) is 3.75. The van der Waals surface area contributed by atoms with Crippen LogP contribution in [0.3, 0.4) is 0 Å². The van der Waals surface area contributed by atoms with E-state index < -0.39 is 10.0 Å². The molecule has 2 rings (SSSR count). The number of hydrogen-bond donors (Lipinski definition) is 2. The number of thiocarbonyl (C=S) groups is 1. The summed E-state index contributed by atoms with van der Waals surface area (Å²) in [6, 6.07) is 13.5. The van der Waals surface area contributed by atoms with Gasteiger partial charge in [-0.2, -0.15) is 0 Å². The van der Waals surface area contributed by atoms with E-state index in [0.29, 0.717) is 11.3 Å². The van der Waals surface area contributed by atoms with Crippen LogP contribution >= 0.6 is 24.0 Å². The van der Waals surface area contributed by atoms with Crippen molar-refractivity contribution in [3.8, 4) is 0 Å². The Morgan fingerprint density at radius 2 is 1.76 bits per heavy atom. The molecule has 0 amide bonds. The lowest BCUT2D eigenvalue weighted by molar-refractivity contribution is 0.601. The van der Waals surface area contributed by atoms with Crippen molar-refractivity contribution in [2.24, 2.45) is 5.73 Å². The molecule has 0 heterocycles. The van der Waals surface area contributed by atoms with Crippen molar-refractivity contribution >= 4 is 44.7 Å². The quantitative estimate of drug-likeness (QED) is 0.648. The normalized spacial score (nSPS) is 11.1. The minimum atomic E-state index is -3.73. The number of sulfonamides is 1. The third-order valence-corrected chi connectivity index (χ3v) is 5.19. The van der Waals surface area contributed by atoms with Crippen LogP contribution in [0.1, 0.15) is 5.56 Å². The van der Waals surface area contributed by atoms with Gasteiger partial charge in [0, 0.05) is 16.1 Å². The fourth-order valence-electron chi connectivity index (χ4n) is 1.77. The minimum absolute atomic E-state index is 0.0497. The number of rotatable bonds is 5. The zero-order valence-corrected chi connectivity index (χ0v) is 13.7. The molecule has 7 heteroatoms. The van der Waals surface area contributed by atoms with Crippen molar-refractivity contribution in [2.45, 2.75) is 9.79 Å². The molecule has 0 fully saturated rings. The van der Waals surface area contributed by atoms with Crippen LogP contribution in [-0.2, 0) is 10.0 Å². The number of hydrogen-bond acceptors (Lipinski definition) is 4. The van der Waals surface area contributed by atoms with Gasteiger partial charge in [-0.25, -0.2) is 8.42 Å². The fourth-order valence-corrected chi connectivity index (χ4v) is 3.71. The first-order chi connectivity index (χ1) is 9.94. The monoisotopic (exact) mass is 338 g/mol. The Morgan fingerprint density at radius 1 is 1.14 bits per heavy atom.